The Balaban J connectivity index is 1.06. The monoisotopic (exact) mass is 518 g/mol. The van der Waals surface area contributed by atoms with Crippen LogP contribution < -0.4 is 14.5 Å². The molecule has 0 radical (unpaired) electrons. The molecule has 0 unspecified atom stereocenters. The van der Waals surface area contributed by atoms with Gasteiger partial charge in [0.25, 0.3) is 0 Å². The second-order valence-corrected chi connectivity index (χ2v) is 9.56. The number of carbonyl (C=O) groups is 2. The van der Waals surface area contributed by atoms with Crippen molar-refractivity contribution in [2.45, 2.75) is 25.7 Å². The van der Waals surface area contributed by atoms with Crippen molar-refractivity contribution in [1.82, 2.24) is 9.88 Å². The number of ether oxygens (including phenoxy) is 3. The first-order chi connectivity index (χ1) is 18.6. The molecule has 5 rings (SSSR count). The summed E-state index contributed by atoms with van der Waals surface area (Å²) >= 11 is 0. The van der Waals surface area contributed by atoms with Crippen molar-refractivity contribution in [2.24, 2.45) is 0 Å². The van der Waals surface area contributed by atoms with Crippen LogP contribution in [0.1, 0.15) is 24.8 Å². The molecule has 0 atom stereocenters. The average molecular weight is 519 g/mol. The summed E-state index contributed by atoms with van der Waals surface area (Å²) in [4.78, 5) is 34.6. The van der Waals surface area contributed by atoms with Crippen molar-refractivity contribution in [3.8, 4) is 5.88 Å². The molecule has 9 nitrogen and oxygen atoms in total. The van der Waals surface area contributed by atoms with Crippen LogP contribution >= 0.6 is 0 Å². The van der Waals surface area contributed by atoms with E-state index < -0.39 is 6.16 Å². The Morgan fingerprint density at radius 1 is 0.947 bits per heavy atom. The molecule has 1 aromatic heterocycles. The molecule has 0 aliphatic carbocycles. The Morgan fingerprint density at radius 2 is 1.76 bits per heavy atom. The lowest BCUT2D eigenvalue weighted by molar-refractivity contribution is -0.119. The van der Waals surface area contributed by atoms with Crippen LogP contribution in [0.3, 0.4) is 0 Å². The largest absolute Gasteiger partial charge is 0.509 e. The van der Waals surface area contributed by atoms with Gasteiger partial charge in [-0.1, -0.05) is 36.4 Å². The zero-order chi connectivity index (χ0) is 26.3. The number of anilines is 2. The predicted molar refractivity (Wildman–Crippen MR) is 146 cm³/mol. The molecule has 0 N–H and O–H groups in total. The summed E-state index contributed by atoms with van der Waals surface area (Å²) in [6.07, 6.45) is 2.06. The van der Waals surface area contributed by atoms with Crippen LogP contribution in [-0.4, -0.2) is 75.1 Å². The normalized spacial score (nSPS) is 15.9. The van der Waals surface area contributed by atoms with Crippen LogP contribution in [0.5, 0.6) is 5.88 Å². The molecular formula is C29H34N4O5. The Kier molecular flexibility index (Phi) is 8.23. The highest BCUT2D eigenvalue weighted by Crippen LogP contribution is 2.29. The molecule has 38 heavy (non-hydrogen) atoms. The van der Waals surface area contributed by atoms with E-state index in [0.717, 1.165) is 51.1 Å². The molecule has 0 saturated carbocycles. The topological polar surface area (TPSA) is 84.4 Å². The lowest BCUT2D eigenvalue weighted by Crippen LogP contribution is -2.46. The standard InChI is InChI=1S/C29H34N4O5/c1-36-29(35)38-21-33-27(34)14-12-23-11-13-26(30-28(23)33)37-20-5-4-15-31-16-18-32(19-17-31)25-10-6-8-22-7-2-3-9-24(22)25/h2-3,6-11,13H,4-5,12,14-21H2,1H3. The van der Waals surface area contributed by atoms with Crippen LogP contribution in [0, 0.1) is 0 Å². The van der Waals surface area contributed by atoms with E-state index in [0.29, 0.717) is 31.1 Å². The van der Waals surface area contributed by atoms with Crippen molar-refractivity contribution >= 4 is 34.3 Å². The molecule has 1 amide bonds. The fourth-order valence-corrected chi connectivity index (χ4v) is 5.08. The zero-order valence-corrected chi connectivity index (χ0v) is 21.8. The fraction of sp³-hybridized carbons (Fsp3) is 0.414. The lowest BCUT2D eigenvalue weighted by atomic mass is 10.1. The van der Waals surface area contributed by atoms with Gasteiger partial charge in [-0.05, 0) is 48.9 Å². The minimum absolute atomic E-state index is 0.147. The van der Waals surface area contributed by atoms with E-state index in [2.05, 4.69) is 62.0 Å². The summed E-state index contributed by atoms with van der Waals surface area (Å²) in [6, 6.07) is 18.9. The van der Waals surface area contributed by atoms with Gasteiger partial charge in [-0.2, -0.15) is 4.98 Å². The number of methoxy groups -OCH3 is 1. The molecule has 2 aliphatic rings. The quantitative estimate of drug-likeness (QED) is 0.307. The number of fused-ring (bicyclic) bond motifs is 2. The van der Waals surface area contributed by atoms with Gasteiger partial charge in [0.05, 0.1) is 13.7 Å². The highest BCUT2D eigenvalue weighted by atomic mass is 16.7. The number of benzene rings is 2. The predicted octanol–water partition coefficient (Wildman–Crippen LogP) is 4.24. The van der Waals surface area contributed by atoms with Crippen LogP contribution in [0.4, 0.5) is 16.3 Å². The first kappa shape index (κ1) is 25.8. The molecular weight excluding hydrogens is 484 g/mol. The summed E-state index contributed by atoms with van der Waals surface area (Å²) in [5, 5.41) is 2.61. The number of aryl methyl sites for hydroxylation is 1. The summed E-state index contributed by atoms with van der Waals surface area (Å²) < 4.78 is 15.4. The molecule has 0 bridgehead atoms. The Morgan fingerprint density at radius 3 is 2.61 bits per heavy atom. The number of hydrogen-bond acceptors (Lipinski definition) is 8. The minimum atomic E-state index is -0.840. The van der Waals surface area contributed by atoms with E-state index in [-0.39, 0.29) is 12.6 Å². The molecule has 2 aromatic carbocycles. The van der Waals surface area contributed by atoms with Crippen LogP contribution in [0.25, 0.3) is 10.8 Å². The SMILES string of the molecule is COC(=O)OCN1C(=O)CCc2ccc(OCCCCN3CCN(c4cccc5ccccc45)CC3)nc21. The van der Waals surface area contributed by atoms with E-state index in [1.807, 2.05) is 12.1 Å². The highest BCUT2D eigenvalue weighted by molar-refractivity contribution is 5.95. The maximum Gasteiger partial charge on any atom is 0.509 e. The lowest BCUT2D eigenvalue weighted by Gasteiger charge is -2.36. The number of unbranched alkanes of at least 4 members (excludes halogenated alkanes) is 1. The summed E-state index contributed by atoms with van der Waals surface area (Å²) in [7, 11) is 1.23. The fourth-order valence-electron chi connectivity index (χ4n) is 5.08. The Hall–Kier alpha value is -3.85. The number of aromatic nitrogens is 1. The number of pyridine rings is 1. The van der Waals surface area contributed by atoms with Gasteiger partial charge < -0.3 is 19.1 Å². The average Bonchev–Trinajstić information content (AvgIpc) is 2.96. The van der Waals surface area contributed by atoms with Gasteiger partial charge in [0.2, 0.25) is 11.8 Å². The molecule has 3 aromatic rings. The molecule has 3 heterocycles. The van der Waals surface area contributed by atoms with Gasteiger partial charge in [-0.15, -0.1) is 0 Å². The number of rotatable bonds is 9. The maximum atomic E-state index is 12.4. The Bertz CT molecular complexity index is 1270. The zero-order valence-electron chi connectivity index (χ0n) is 21.8. The van der Waals surface area contributed by atoms with Crippen molar-refractivity contribution in [2.75, 3.05) is 63.0 Å². The van der Waals surface area contributed by atoms with Gasteiger partial charge in [0.1, 0.15) is 5.82 Å². The minimum Gasteiger partial charge on any atom is -0.478 e. The number of amides is 1. The second kappa shape index (κ2) is 12.1. The van der Waals surface area contributed by atoms with Crippen LogP contribution in [-0.2, 0) is 20.7 Å². The van der Waals surface area contributed by atoms with E-state index in [9.17, 15) is 9.59 Å². The number of nitrogens with zero attached hydrogens (tertiary/aromatic N) is 4. The van der Waals surface area contributed by atoms with E-state index >= 15 is 0 Å². The van der Waals surface area contributed by atoms with Crippen molar-refractivity contribution in [3.05, 3.63) is 60.2 Å². The van der Waals surface area contributed by atoms with Crippen molar-refractivity contribution in [1.29, 1.82) is 0 Å². The molecule has 2 aliphatic heterocycles. The second-order valence-electron chi connectivity index (χ2n) is 9.56. The van der Waals surface area contributed by atoms with Crippen molar-refractivity contribution in [3.63, 3.8) is 0 Å². The Labute approximate surface area is 222 Å². The van der Waals surface area contributed by atoms with Gasteiger partial charge in [-0.3, -0.25) is 14.6 Å². The van der Waals surface area contributed by atoms with E-state index in [4.69, 9.17) is 9.47 Å². The number of carbonyl (C=O) groups excluding carboxylic acids is 2. The third-order valence-electron chi connectivity index (χ3n) is 7.17. The molecule has 0 spiro atoms. The number of piperazine rings is 1. The summed E-state index contributed by atoms with van der Waals surface area (Å²) in [5.74, 6) is 0.795. The van der Waals surface area contributed by atoms with Gasteiger partial charge in [0, 0.05) is 49.7 Å². The van der Waals surface area contributed by atoms with Crippen LogP contribution in [0.2, 0.25) is 0 Å². The number of hydrogen-bond donors (Lipinski definition) is 0. The smallest absolute Gasteiger partial charge is 0.478 e. The third-order valence-corrected chi connectivity index (χ3v) is 7.17. The van der Waals surface area contributed by atoms with Crippen molar-refractivity contribution < 1.29 is 23.8 Å². The van der Waals surface area contributed by atoms with Gasteiger partial charge in [0.15, 0.2) is 6.73 Å². The molecule has 200 valence electrons. The van der Waals surface area contributed by atoms with E-state index in [1.165, 1.54) is 28.5 Å². The summed E-state index contributed by atoms with van der Waals surface area (Å²) in [5.41, 5.74) is 2.25. The molecule has 1 fully saturated rings. The first-order valence-electron chi connectivity index (χ1n) is 13.2. The van der Waals surface area contributed by atoms with Gasteiger partial charge in [-0.25, -0.2) is 4.79 Å². The summed E-state index contributed by atoms with van der Waals surface area (Å²) in [6.45, 7) is 5.51. The molecule has 1 saturated heterocycles. The third kappa shape index (κ3) is 5.99. The maximum absolute atomic E-state index is 12.4. The van der Waals surface area contributed by atoms with Gasteiger partial charge >= 0.3 is 6.16 Å². The first-order valence-corrected chi connectivity index (χ1v) is 13.2. The van der Waals surface area contributed by atoms with Crippen LogP contribution in [0.15, 0.2) is 54.6 Å². The molecule has 9 heteroatoms. The van der Waals surface area contributed by atoms with E-state index in [1.54, 1.807) is 0 Å². The highest BCUT2D eigenvalue weighted by Gasteiger charge is 2.27.